The van der Waals surface area contributed by atoms with Gasteiger partial charge in [0.2, 0.25) is 11.7 Å². The van der Waals surface area contributed by atoms with Gasteiger partial charge in [0, 0.05) is 28.6 Å². The highest BCUT2D eigenvalue weighted by molar-refractivity contribution is 7.09. The minimum atomic E-state index is -5.34. The summed E-state index contributed by atoms with van der Waals surface area (Å²) in [5.41, 5.74) is -1.49. The second-order valence-corrected chi connectivity index (χ2v) is 9.21. The van der Waals surface area contributed by atoms with Crippen LogP contribution >= 0.6 is 11.3 Å². The zero-order valence-corrected chi connectivity index (χ0v) is 19.8. The van der Waals surface area contributed by atoms with E-state index in [0.717, 1.165) is 9.80 Å². The number of nitrogens with one attached hydrogen (secondary N) is 1. The summed E-state index contributed by atoms with van der Waals surface area (Å²) < 4.78 is 45.9. The van der Waals surface area contributed by atoms with Crippen molar-refractivity contribution < 1.29 is 37.4 Å². The third kappa shape index (κ3) is 3.96. The van der Waals surface area contributed by atoms with Gasteiger partial charge in [0.25, 0.3) is 5.91 Å². The molecule has 3 heterocycles. The van der Waals surface area contributed by atoms with E-state index >= 15 is 0 Å². The van der Waals surface area contributed by atoms with E-state index in [1.54, 1.807) is 23.6 Å². The number of amides is 2. The van der Waals surface area contributed by atoms with Gasteiger partial charge < -0.3 is 14.8 Å². The maximum atomic E-state index is 13.5. The van der Waals surface area contributed by atoms with Gasteiger partial charge in [0.05, 0.1) is 17.6 Å². The third-order valence-electron chi connectivity index (χ3n) is 5.98. The molecule has 1 aliphatic rings. The number of fused-ring (bicyclic) bond motifs is 2. The zero-order valence-electron chi connectivity index (χ0n) is 18.9. The topological polar surface area (TPSA) is 116 Å². The van der Waals surface area contributed by atoms with Crippen LogP contribution in [0.1, 0.15) is 26.4 Å². The summed E-state index contributed by atoms with van der Waals surface area (Å²) in [4.78, 5) is 46.8. The summed E-state index contributed by atoms with van der Waals surface area (Å²) in [6, 6.07) is 13.7. The zero-order chi connectivity index (χ0) is 26.5. The van der Waals surface area contributed by atoms with Crippen LogP contribution in [-0.2, 0) is 21.8 Å². The number of carbonyl (C=O) groups excluding carboxylic acids is 2. The maximum Gasteiger partial charge on any atom is 0.491 e. The number of imidazole rings is 1. The van der Waals surface area contributed by atoms with Gasteiger partial charge in [0.15, 0.2) is 0 Å². The van der Waals surface area contributed by atoms with Crippen LogP contribution in [0.5, 0.6) is 0 Å². The van der Waals surface area contributed by atoms with Crippen molar-refractivity contribution in [2.24, 2.45) is 0 Å². The third-order valence-corrected chi connectivity index (χ3v) is 6.84. The number of thiophene rings is 1. The number of alkyl halides is 3. The number of esters is 1. The largest absolute Gasteiger partial charge is 0.491 e. The van der Waals surface area contributed by atoms with Crippen molar-refractivity contribution in [3.63, 3.8) is 0 Å². The minimum absolute atomic E-state index is 0.0284. The number of anilines is 1. The molecule has 4 aromatic rings. The Morgan fingerprint density at radius 3 is 2.62 bits per heavy atom. The molecular formula is C24H17F3N4O5S. The SMILES string of the molecule is CN(C(=O)O)c1nc2ccc(C3(OC(=O)C(F)(F)F)c4ccccc4C(=O)N3Cc3cccs3)cc2[nH]1. The second-order valence-electron chi connectivity index (χ2n) is 8.18. The molecule has 0 fully saturated rings. The van der Waals surface area contributed by atoms with Crippen LogP contribution in [-0.4, -0.2) is 51.2 Å². The van der Waals surface area contributed by atoms with Crippen LogP contribution in [0.4, 0.5) is 23.9 Å². The molecule has 0 saturated carbocycles. The Morgan fingerprint density at radius 2 is 1.95 bits per heavy atom. The minimum Gasteiger partial charge on any atom is -0.465 e. The highest BCUT2D eigenvalue weighted by atomic mass is 32.1. The average Bonchev–Trinajstić information content (AvgIpc) is 3.58. The molecule has 2 amide bonds. The van der Waals surface area contributed by atoms with Gasteiger partial charge in [-0.15, -0.1) is 11.3 Å². The van der Waals surface area contributed by atoms with E-state index in [9.17, 15) is 32.7 Å². The lowest BCUT2D eigenvalue weighted by Gasteiger charge is -2.38. The van der Waals surface area contributed by atoms with Crippen molar-refractivity contribution in [2.45, 2.75) is 18.4 Å². The number of hydrogen-bond donors (Lipinski definition) is 2. The summed E-state index contributed by atoms with van der Waals surface area (Å²) in [6.45, 7) is -0.135. The fourth-order valence-corrected chi connectivity index (χ4v) is 4.96. The van der Waals surface area contributed by atoms with Crippen molar-refractivity contribution in [3.05, 3.63) is 81.5 Å². The molecule has 1 atom stereocenters. The Balaban J connectivity index is 1.75. The molecule has 0 saturated heterocycles. The van der Waals surface area contributed by atoms with E-state index in [2.05, 4.69) is 9.97 Å². The van der Waals surface area contributed by atoms with E-state index in [1.807, 2.05) is 0 Å². The first-order chi connectivity index (χ1) is 17.5. The lowest BCUT2D eigenvalue weighted by molar-refractivity contribution is -0.222. The predicted octanol–water partition coefficient (Wildman–Crippen LogP) is 4.70. The molecule has 2 N–H and O–H groups in total. The first-order valence-corrected chi connectivity index (χ1v) is 11.6. The van der Waals surface area contributed by atoms with Crippen LogP contribution in [0.25, 0.3) is 11.0 Å². The Labute approximate surface area is 210 Å². The first kappa shape index (κ1) is 24.3. The highest BCUT2D eigenvalue weighted by Gasteiger charge is 2.57. The number of halogens is 3. The van der Waals surface area contributed by atoms with Gasteiger partial charge in [-0.2, -0.15) is 13.2 Å². The molecule has 9 nitrogen and oxygen atoms in total. The summed E-state index contributed by atoms with van der Waals surface area (Å²) in [6.07, 6.45) is -6.62. The maximum absolute atomic E-state index is 13.5. The Hall–Kier alpha value is -4.39. The molecule has 1 unspecified atom stereocenters. The standard InChI is InChI=1S/C24H17F3N4O5S/c1-30(22(34)35)21-28-17-9-8-13(11-18(17)29-21)23(36-20(33)24(25,26)27)16-7-3-2-6-15(16)19(32)31(23)12-14-5-4-10-37-14/h2-11H,12H2,1H3,(H,28,29)(H,34,35). The van der Waals surface area contributed by atoms with Crippen LogP contribution in [0.3, 0.4) is 0 Å². The Bertz CT molecular complexity index is 1530. The summed E-state index contributed by atoms with van der Waals surface area (Å²) in [5.74, 6) is -3.11. The molecule has 0 aliphatic carbocycles. The van der Waals surface area contributed by atoms with E-state index in [0.29, 0.717) is 10.4 Å². The number of carboxylic acid groups (broad SMARTS) is 1. The number of aromatic nitrogens is 2. The summed E-state index contributed by atoms with van der Waals surface area (Å²) in [7, 11) is 1.27. The normalized spacial score (nSPS) is 17.2. The molecule has 1 aliphatic heterocycles. The quantitative estimate of drug-likeness (QED) is 0.362. The van der Waals surface area contributed by atoms with E-state index in [-0.39, 0.29) is 34.7 Å². The molecule has 2 aromatic carbocycles. The van der Waals surface area contributed by atoms with Crippen LogP contribution in [0.2, 0.25) is 0 Å². The van der Waals surface area contributed by atoms with E-state index in [1.165, 1.54) is 54.8 Å². The number of carbonyl (C=O) groups is 3. The van der Waals surface area contributed by atoms with Crippen molar-refractivity contribution in [1.82, 2.24) is 14.9 Å². The Kier molecular flexibility index (Phi) is 5.67. The summed E-state index contributed by atoms with van der Waals surface area (Å²) in [5, 5.41) is 11.0. The van der Waals surface area contributed by atoms with Gasteiger partial charge in [-0.05, 0) is 29.6 Å². The lowest BCUT2D eigenvalue weighted by atomic mass is 9.93. The van der Waals surface area contributed by atoms with Crippen LogP contribution in [0.15, 0.2) is 60.0 Å². The van der Waals surface area contributed by atoms with Crippen molar-refractivity contribution in [1.29, 1.82) is 0 Å². The molecule has 13 heteroatoms. The van der Waals surface area contributed by atoms with Crippen LogP contribution < -0.4 is 4.90 Å². The number of benzene rings is 2. The molecule has 37 heavy (non-hydrogen) atoms. The molecule has 2 aromatic heterocycles. The number of ether oxygens (including phenoxy) is 1. The molecular weight excluding hydrogens is 513 g/mol. The first-order valence-electron chi connectivity index (χ1n) is 10.7. The second kappa shape index (κ2) is 8.62. The van der Waals surface area contributed by atoms with Crippen molar-refractivity contribution in [2.75, 3.05) is 11.9 Å². The predicted molar refractivity (Wildman–Crippen MR) is 126 cm³/mol. The fourth-order valence-electron chi connectivity index (χ4n) is 4.27. The van der Waals surface area contributed by atoms with Gasteiger partial charge in [-0.3, -0.25) is 14.6 Å². The van der Waals surface area contributed by atoms with Crippen molar-refractivity contribution in [3.8, 4) is 0 Å². The van der Waals surface area contributed by atoms with E-state index in [4.69, 9.17) is 4.74 Å². The van der Waals surface area contributed by atoms with E-state index < -0.39 is 29.9 Å². The Morgan fingerprint density at radius 1 is 1.19 bits per heavy atom. The number of aromatic amines is 1. The molecule has 0 radical (unpaired) electrons. The summed E-state index contributed by atoms with van der Waals surface area (Å²) >= 11 is 1.29. The molecule has 190 valence electrons. The lowest BCUT2D eigenvalue weighted by Crippen LogP contribution is -2.49. The number of H-pyrrole nitrogens is 1. The monoisotopic (exact) mass is 530 g/mol. The number of nitrogens with zero attached hydrogens (tertiary/aromatic N) is 3. The molecule has 0 bridgehead atoms. The molecule has 0 spiro atoms. The number of hydrogen-bond acceptors (Lipinski definition) is 6. The van der Waals surface area contributed by atoms with Gasteiger partial charge in [-0.25, -0.2) is 14.6 Å². The van der Waals surface area contributed by atoms with Gasteiger partial charge >= 0.3 is 18.2 Å². The number of rotatable bonds is 5. The van der Waals surface area contributed by atoms with Gasteiger partial charge in [0.1, 0.15) is 0 Å². The van der Waals surface area contributed by atoms with Gasteiger partial charge in [-0.1, -0.05) is 30.3 Å². The smallest absolute Gasteiger partial charge is 0.465 e. The van der Waals surface area contributed by atoms with Crippen molar-refractivity contribution >= 4 is 46.3 Å². The molecule has 5 rings (SSSR count). The average molecular weight is 530 g/mol. The highest BCUT2D eigenvalue weighted by Crippen LogP contribution is 2.47. The fraction of sp³-hybridized carbons (Fsp3) is 0.167. The van der Waals surface area contributed by atoms with Crippen LogP contribution in [0, 0.1) is 0 Å².